The number of para-hydroxylation sites is 1. The number of aromatic nitrogens is 4. The number of benzene rings is 2. The first kappa shape index (κ1) is 22.4. The van der Waals surface area contributed by atoms with Gasteiger partial charge >= 0.3 is 0 Å². The Balaban J connectivity index is 1.55. The van der Waals surface area contributed by atoms with E-state index in [4.69, 9.17) is 9.72 Å². The number of thioether (sulfide) groups is 1. The van der Waals surface area contributed by atoms with Gasteiger partial charge in [-0.05, 0) is 62.6 Å². The third-order valence-electron chi connectivity index (χ3n) is 6.19. The number of hydrogen-bond acceptors (Lipinski definition) is 6. The zero-order valence-corrected chi connectivity index (χ0v) is 20.0. The van der Waals surface area contributed by atoms with Gasteiger partial charge in [0.2, 0.25) is 0 Å². The molecule has 0 saturated heterocycles. The third kappa shape index (κ3) is 4.14. The molecule has 2 aromatic rings. The lowest BCUT2D eigenvalue weighted by molar-refractivity contribution is 0.0993. The monoisotopic (exact) mass is 474 g/mol. The molecule has 0 bridgehead atoms. The minimum Gasteiger partial charge on any atom is -0.497 e. The number of fused-ring (bicyclic) bond motifs is 3. The minimum absolute atomic E-state index is 0.0249. The van der Waals surface area contributed by atoms with E-state index in [1.54, 1.807) is 31.4 Å². The Morgan fingerprint density at radius 2 is 1.82 bits per heavy atom. The zero-order valence-electron chi connectivity index (χ0n) is 19.2. The summed E-state index contributed by atoms with van der Waals surface area (Å²) in [5.41, 5.74) is 2.77. The molecule has 7 nitrogen and oxygen atoms in total. The third-order valence-corrected chi connectivity index (χ3v) is 7.28. The molecule has 1 atom stereocenters. The Bertz CT molecular complexity index is 1350. The van der Waals surface area contributed by atoms with E-state index < -0.39 is 0 Å². The molecule has 3 aliphatic rings. The number of carbonyl (C=O) groups is 1. The van der Waals surface area contributed by atoms with Crippen molar-refractivity contribution in [3.63, 3.8) is 0 Å². The number of ketones is 1. The van der Waals surface area contributed by atoms with Crippen molar-refractivity contribution in [2.45, 2.75) is 49.6 Å². The summed E-state index contributed by atoms with van der Waals surface area (Å²) in [6.07, 6.45) is 3.91. The summed E-state index contributed by atoms with van der Waals surface area (Å²) in [7, 11) is 1.60. The van der Waals surface area contributed by atoms with E-state index in [2.05, 4.69) is 9.67 Å². The van der Waals surface area contributed by atoms with Gasteiger partial charge in [-0.15, -0.1) is 5.10 Å². The number of methoxy groups -OCH3 is 1. The van der Waals surface area contributed by atoms with Crippen LogP contribution in [0.4, 0.5) is 0 Å². The number of carbonyl (C=O) groups excluding carboxylic acids is 1. The van der Waals surface area contributed by atoms with Gasteiger partial charge in [-0.25, -0.2) is 4.98 Å². The molecule has 0 amide bonds. The van der Waals surface area contributed by atoms with E-state index in [0.29, 0.717) is 22.7 Å². The topological polar surface area (TPSA) is 79.0 Å². The highest BCUT2D eigenvalue weighted by Crippen LogP contribution is 2.33. The van der Waals surface area contributed by atoms with Crippen molar-refractivity contribution in [3.05, 3.63) is 76.2 Å². The lowest BCUT2D eigenvalue weighted by atomic mass is 10.1. The number of hydrogen-bond donors (Lipinski definition) is 0. The maximum atomic E-state index is 13.4. The van der Waals surface area contributed by atoms with Gasteiger partial charge in [0.1, 0.15) is 11.3 Å². The van der Waals surface area contributed by atoms with E-state index in [-0.39, 0.29) is 16.6 Å². The summed E-state index contributed by atoms with van der Waals surface area (Å²) in [5.74, 6) is 1.18. The maximum Gasteiger partial charge on any atom is 0.284 e. The Morgan fingerprint density at radius 1 is 1.06 bits per heavy atom. The van der Waals surface area contributed by atoms with Gasteiger partial charge in [0.25, 0.3) is 5.56 Å². The molecule has 8 heteroatoms. The molecule has 5 rings (SSSR count). The fourth-order valence-corrected chi connectivity index (χ4v) is 5.42. The van der Waals surface area contributed by atoms with Gasteiger partial charge in [0.15, 0.2) is 16.8 Å². The molecule has 3 aliphatic heterocycles. The molecule has 2 aromatic carbocycles. The highest BCUT2D eigenvalue weighted by atomic mass is 32.2. The Morgan fingerprint density at radius 3 is 2.56 bits per heavy atom. The minimum atomic E-state index is -0.346. The van der Waals surface area contributed by atoms with Crippen LogP contribution in [-0.4, -0.2) is 37.5 Å². The van der Waals surface area contributed by atoms with Crippen molar-refractivity contribution in [2.75, 3.05) is 7.11 Å². The maximum absolute atomic E-state index is 13.4. The summed E-state index contributed by atoms with van der Waals surface area (Å²) in [4.78, 5) is 31.3. The van der Waals surface area contributed by atoms with Gasteiger partial charge in [0, 0.05) is 17.8 Å². The predicted octanol–water partition coefficient (Wildman–Crippen LogP) is 4.63. The molecule has 0 spiro atoms. The van der Waals surface area contributed by atoms with Gasteiger partial charge in [-0.2, -0.15) is 4.68 Å². The smallest absolute Gasteiger partial charge is 0.284 e. The molecule has 0 N–H and O–H groups in total. The van der Waals surface area contributed by atoms with Crippen LogP contribution in [0.1, 0.15) is 42.2 Å². The standard InChI is InChI=1S/C26H26N4O3S/c1-17(23(31)18-12-14-20(33-2)15-13-18)34-26-27-24-22(21-11-7-4-8-16-29(21)26)25(32)30(28-24)19-9-5-3-6-10-19/h3,5-6,9-10,12-15,17H,4,7-8,11,16H2,1-2H3. The number of rotatable bonds is 6. The van der Waals surface area contributed by atoms with E-state index in [1.165, 1.54) is 16.4 Å². The number of nitrogens with zero attached hydrogens (tertiary/aromatic N) is 4. The summed E-state index contributed by atoms with van der Waals surface area (Å²) < 4.78 is 8.77. The average molecular weight is 475 g/mol. The van der Waals surface area contributed by atoms with Gasteiger partial charge in [-0.3, -0.25) is 9.59 Å². The molecule has 0 aromatic heterocycles. The van der Waals surface area contributed by atoms with Crippen LogP contribution in [0.3, 0.4) is 0 Å². The van der Waals surface area contributed by atoms with Crippen LogP contribution in [0.5, 0.6) is 5.75 Å². The van der Waals surface area contributed by atoms with E-state index in [1.807, 2.05) is 37.3 Å². The molecule has 1 unspecified atom stereocenters. The van der Waals surface area contributed by atoms with Crippen molar-refractivity contribution in [1.82, 2.24) is 19.3 Å². The van der Waals surface area contributed by atoms with Crippen molar-refractivity contribution in [3.8, 4) is 22.8 Å². The SMILES string of the molecule is COc1ccc(C(=O)C(C)Sc2nc3nn(-c4ccccc4)c(=O)c-3c3n2CCCCC3)cc1. The second-order valence-corrected chi connectivity index (χ2v) is 9.72. The fraction of sp³-hybridized carbons (Fsp3) is 0.308. The van der Waals surface area contributed by atoms with Crippen LogP contribution in [0, 0.1) is 0 Å². The van der Waals surface area contributed by atoms with Gasteiger partial charge in [-0.1, -0.05) is 36.4 Å². The fourth-order valence-electron chi connectivity index (χ4n) is 4.39. The van der Waals surface area contributed by atoms with Crippen LogP contribution in [0.25, 0.3) is 17.1 Å². The first-order chi connectivity index (χ1) is 16.6. The Labute approximate surface area is 202 Å². The second-order valence-electron chi connectivity index (χ2n) is 8.41. The normalized spacial score (nSPS) is 14.4. The zero-order chi connectivity index (χ0) is 23.7. The first-order valence-electron chi connectivity index (χ1n) is 11.5. The molecule has 174 valence electrons. The molecular formula is C26H26N4O3S. The molecule has 0 saturated carbocycles. The lowest BCUT2D eigenvalue weighted by Gasteiger charge is -2.19. The summed E-state index contributed by atoms with van der Waals surface area (Å²) >= 11 is 1.43. The summed E-state index contributed by atoms with van der Waals surface area (Å²) in [5, 5.41) is 4.97. The predicted molar refractivity (Wildman–Crippen MR) is 132 cm³/mol. The van der Waals surface area contributed by atoms with Crippen molar-refractivity contribution < 1.29 is 9.53 Å². The highest BCUT2D eigenvalue weighted by molar-refractivity contribution is 8.00. The molecule has 3 heterocycles. The lowest BCUT2D eigenvalue weighted by Crippen LogP contribution is -2.20. The van der Waals surface area contributed by atoms with E-state index in [0.717, 1.165) is 48.8 Å². The van der Waals surface area contributed by atoms with Crippen LogP contribution in [0.2, 0.25) is 0 Å². The van der Waals surface area contributed by atoms with E-state index in [9.17, 15) is 9.59 Å². The first-order valence-corrected chi connectivity index (χ1v) is 12.4. The van der Waals surface area contributed by atoms with Gasteiger partial charge in [0.05, 0.1) is 18.0 Å². The molecule has 34 heavy (non-hydrogen) atoms. The second kappa shape index (κ2) is 9.46. The summed E-state index contributed by atoms with van der Waals surface area (Å²) in [6.45, 7) is 2.67. The van der Waals surface area contributed by atoms with Crippen LogP contribution < -0.4 is 10.3 Å². The van der Waals surface area contributed by atoms with Crippen molar-refractivity contribution in [1.29, 1.82) is 0 Å². The van der Waals surface area contributed by atoms with Gasteiger partial charge < -0.3 is 9.30 Å². The molecular weight excluding hydrogens is 448 g/mol. The number of Topliss-reactive ketones (excluding diaryl/α,β-unsaturated/α-hetero) is 1. The molecule has 0 radical (unpaired) electrons. The quantitative estimate of drug-likeness (QED) is 0.230. The summed E-state index contributed by atoms with van der Waals surface area (Å²) in [6, 6.07) is 16.6. The molecule has 0 aliphatic carbocycles. The van der Waals surface area contributed by atoms with Crippen molar-refractivity contribution >= 4 is 17.5 Å². The largest absolute Gasteiger partial charge is 0.497 e. The Kier molecular flexibility index (Phi) is 6.24. The number of ether oxygens (including phenoxy) is 1. The van der Waals surface area contributed by atoms with Crippen molar-refractivity contribution in [2.24, 2.45) is 0 Å². The average Bonchev–Trinajstić information content (AvgIpc) is 3.03. The van der Waals surface area contributed by atoms with E-state index >= 15 is 0 Å². The van der Waals surface area contributed by atoms with Crippen LogP contribution in [-0.2, 0) is 13.0 Å². The highest BCUT2D eigenvalue weighted by Gasteiger charge is 2.28. The van der Waals surface area contributed by atoms with Crippen LogP contribution >= 0.6 is 11.8 Å². The Hall–Kier alpha value is -3.39. The molecule has 0 fully saturated rings. The van der Waals surface area contributed by atoms with Crippen LogP contribution in [0.15, 0.2) is 64.5 Å².